The molecule has 31 heavy (non-hydrogen) atoms. The number of furan rings is 1. The van der Waals surface area contributed by atoms with Crippen LogP contribution in [0.5, 0.6) is 0 Å². The second-order valence-corrected chi connectivity index (χ2v) is 7.66. The lowest BCUT2D eigenvalue weighted by molar-refractivity contribution is 0.0622. The van der Waals surface area contributed by atoms with Gasteiger partial charge in [-0.15, -0.1) is 0 Å². The Hall–Kier alpha value is -3.52. The Kier molecular flexibility index (Phi) is 4.99. The Morgan fingerprint density at radius 2 is 1.90 bits per heavy atom. The SMILES string of the molecule is Cc1noc2nc(-c3ccc(F)cc3)cc(C(=O)N3CCN(Cc4ccco4)CC3)c12. The van der Waals surface area contributed by atoms with Crippen molar-refractivity contribution in [3.63, 3.8) is 0 Å². The number of nitrogens with zero attached hydrogens (tertiary/aromatic N) is 4. The molecular weight excluding hydrogens is 399 g/mol. The molecule has 0 unspecified atom stereocenters. The number of rotatable bonds is 4. The van der Waals surface area contributed by atoms with E-state index in [1.54, 1.807) is 31.4 Å². The lowest BCUT2D eigenvalue weighted by Crippen LogP contribution is -2.48. The molecular formula is C23H21FN4O3. The van der Waals surface area contributed by atoms with Crippen molar-refractivity contribution >= 4 is 17.0 Å². The molecule has 1 aliphatic rings. The smallest absolute Gasteiger partial charge is 0.259 e. The van der Waals surface area contributed by atoms with Crippen LogP contribution in [0.3, 0.4) is 0 Å². The number of carbonyl (C=O) groups excluding carboxylic acids is 1. The van der Waals surface area contributed by atoms with Crippen LogP contribution in [-0.2, 0) is 6.54 Å². The van der Waals surface area contributed by atoms with Gasteiger partial charge in [-0.1, -0.05) is 5.16 Å². The summed E-state index contributed by atoms with van der Waals surface area (Å²) in [5, 5.41) is 4.62. The van der Waals surface area contributed by atoms with E-state index in [9.17, 15) is 9.18 Å². The van der Waals surface area contributed by atoms with E-state index in [-0.39, 0.29) is 11.7 Å². The van der Waals surface area contributed by atoms with E-state index >= 15 is 0 Å². The number of halogens is 1. The summed E-state index contributed by atoms with van der Waals surface area (Å²) in [4.78, 5) is 22.1. The number of hydrogen-bond donors (Lipinski definition) is 0. The first-order chi connectivity index (χ1) is 15.1. The van der Waals surface area contributed by atoms with Crippen LogP contribution in [-0.4, -0.2) is 52.0 Å². The van der Waals surface area contributed by atoms with E-state index in [2.05, 4.69) is 15.0 Å². The van der Waals surface area contributed by atoms with Crippen molar-refractivity contribution in [3.05, 3.63) is 71.6 Å². The summed E-state index contributed by atoms with van der Waals surface area (Å²) in [5.41, 5.74) is 2.67. The third-order valence-corrected chi connectivity index (χ3v) is 5.61. The summed E-state index contributed by atoms with van der Waals surface area (Å²) in [6, 6.07) is 11.6. The number of piperazine rings is 1. The number of pyridine rings is 1. The molecule has 8 heteroatoms. The summed E-state index contributed by atoms with van der Waals surface area (Å²) in [7, 11) is 0. The fourth-order valence-corrected chi connectivity index (χ4v) is 3.93. The number of amides is 1. The van der Waals surface area contributed by atoms with Crippen LogP contribution < -0.4 is 0 Å². The molecule has 3 aromatic heterocycles. The van der Waals surface area contributed by atoms with Gasteiger partial charge in [-0.3, -0.25) is 9.69 Å². The molecule has 0 radical (unpaired) electrons. The first-order valence-corrected chi connectivity index (χ1v) is 10.2. The quantitative estimate of drug-likeness (QED) is 0.499. The van der Waals surface area contributed by atoms with Gasteiger partial charge in [0.2, 0.25) is 0 Å². The van der Waals surface area contributed by atoms with Crippen molar-refractivity contribution in [2.24, 2.45) is 0 Å². The summed E-state index contributed by atoms with van der Waals surface area (Å²) in [5.74, 6) is 0.503. The second kappa shape index (κ2) is 7.96. The minimum Gasteiger partial charge on any atom is -0.468 e. The first kappa shape index (κ1) is 19.4. The molecule has 1 amide bonds. The molecule has 4 heterocycles. The fraction of sp³-hybridized carbons (Fsp3) is 0.261. The van der Waals surface area contributed by atoms with E-state index in [1.165, 1.54) is 12.1 Å². The van der Waals surface area contributed by atoms with Gasteiger partial charge in [0.1, 0.15) is 11.6 Å². The van der Waals surface area contributed by atoms with Gasteiger partial charge < -0.3 is 13.8 Å². The number of aryl methyl sites for hydroxylation is 1. The van der Waals surface area contributed by atoms with Gasteiger partial charge in [0.15, 0.2) is 0 Å². The number of hydrogen-bond acceptors (Lipinski definition) is 6. The largest absolute Gasteiger partial charge is 0.468 e. The zero-order valence-electron chi connectivity index (χ0n) is 17.0. The molecule has 1 saturated heterocycles. The van der Waals surface area contributed by atoms with Crippen LogP contribution in [0.15, 0.2) is 57.7 Å². The number of benzene rings is 1. The maximum Gasteiger partial charge on any atom is 0.259 e. The average molecular weight is 420 g/mol. The summed E-state index contributed by atoms with van der Waals surface area (Å²) < 4.78 is 24.1. The molecule has 1 aliphatic heterocycles. The normalized spacial score (nSPS) is 15.0. The maximum atomic E-state index is 13.5. The van der Waals surface area contributed by atoms with E-state index < -0.39 is 0 Å². The number of fused-ring (bicyclic) bond motifs is 1. The van der Waals surface area contributed by atoms with Crippen LogP contribution in [0.1, 0.15) is 21.8 Å². The molecule has 0 atom stereocenters. The molecule has 7 nitrogen and oxygen atoms in total. The van der Waals surface area contributed by atoms with Crippen LogP contribution in [0.4, 0.5) is 4.39 Å². The van der Waals surface area contributed by atoms with Gasteiger partial charge >= 0.3 is 0 Å². The predicted molar refractivity (Wildman–Crippen MR) is 112 cm³/mol. The van der Waals surface area contributed by atoms with Crippen molar-refractivity contribution in [3.8, 4) is 11.3 Å². The molecule has 5 rings (SSSR count). The Labute approximate surface area is 178 Å². The minimum atomic E-state index is -0.330. The molecule has 158 valence electrons. The monoisotopic (exact) mass is 420 g/mol. The Morgan fingerprint density at radius 3 is 2.61 bits per heavy atom. The first-order valence-electron chi connectivity index (χ1n) is 10.2. The number of aromatic nitrogens is 2. The van der Waals surface area contributed by atoms with Gasteiger partial charge in [-0.2, -0.15) is 0 Å². The molecule has 0 N–H and O–H groups in total. The highest BCUT2D eigenvalue weighted by Gasteiger charge is 2.26. The van der Waals surface area contributed by atoms with E-state index in [0.29, 0.717) is 46.7 Å². The molecule has 1 fully saturated rings. The van der Waals surface area contributed by atoms with Crippen molar-refractivity contribution in [2.75, 3.05) is 26.2 Å². The molecule has 4 aromatic rings. The van der Waals surface area contributed by atoms with Crippen LogP contribution >= 0.6 is 0 Å². The molecule has 0 saturated carbocycles. The highest BCUT2D eigenvalue weighted by molar-refractivity contribution is 6.07. The molecule has 0 aliphatic carbocycles. The standard InChI is InChI=1S/C23H21FN4O3/c1-15-21-19(13-20(25-22(21)31-26-15)16-4-6-17(24)7-5-16)23(29)28-10-8-27(9-11-28)14-18-3-2-12-30-18/h2-7,12-13H,8-11,14H2,1H3. The average Bonchev–Trinajstić information content (AvgIpc) is 3.43. The third kappa shape index (κ3) is 3.82. The summed E-state index contributed by atoms with van der Waals surface area (Å²) >= 11 is 0. The van der Waals surface area contributed by atoms with E-state index in [0.717, 1.165) is 25.4 Å². The third-order valence-electron chi connectivity index (χ3n) is 5.61. The van der Waals surface area contributed by atoms with Crippen LogP contribution in [0.2, 0.25) is 0 Å². The van der Waals surface area contributed by atoms with Crippen molar-refractivity contribution in [2.45, 2.75) is 13.5 Å². The summed E-state index contributed by atoms with van der Waals surface area (Å²) in [6.07, 6.45) is 1.67. The molecule has 1 aromatic carbocycles. The fourth-order valence-electron chi connectivity index (χ4n) is 3.93. The zero-order chi connectivity index (χ0) is 21.4. The van der Waals surface area contributed by atoms with E-state index in [4.69, 9.17) is 8.94 Å². The Morgan fingerprint density at radius 1 is 1.13 bits per heavy atom. The predicted octanol–water partition coefficient (Wildman–Crippen LogP) is 3.89. The van der Waals surface area contributed by atoms with Gasteiger partial charge in [0.05, 0.1) is 35.1 Å². The summed E-state index contributed by atoms with van der Waals surface area (Å²) in [6.45, 7) is 5.26. The highest BCUT2D eigenvalue weighted by atomic mass is 19.1. The lowest BCUT2D eigenvalue weighted by atomic mass is 10.0. The van der Waals surface area contributed by atoms with Gasteiger partial charge in [-0.05, 0) is 49.4 Å². The van der Waals surface area contributed by atoms with Crippen LogP contribution in [0, 0.1) is 12.7 Å². The second-order valence-electron chi connectivity index (χ2n) is 7.66. The lowest BCUT2D eigenvalue weighted by Gasteiger charge is -2.34. The Bertz CT molecular complexity index is 1210. The van der Waals surface area contributed by atoms with Crippen molar-refractivity contribution in [1.29, 1.82) is 0 Å². The maximum absolute atomic E-state index is 13.5. The van der Waals surface area contributed by atoms with Crippen molar-refractivity contribution < 1.29 is 18.1 Å². The van der Waals surface area contributed by atoms with E-state index in [1.807, 2.05) is 17.0 Å². The topological polar surface area (TPSA) is 75.6 Å². The zero-order valence-corrected chi connectivity index (χ0v) is 17.0. The minimum absolute atomic E-state index is 0.0836. The van der Waals surface area contributed by atoms with Crippen molar-refractivity contribution in [1.82, 2.24) is 19.9 Å². The van der Waals surface area contributed by atoms with Gasteiger partial charge in [-0.25, -0.2) is 9.37 Å². The highest BCUT2D eigenvalue weighted by Crippen LogP contribution is 2.28. The van der Waals surface area contributed by atoms with Gasteiger partial charge in [0, 0.05) is 31.7 Å². The number of carbonyl (C=O) groups is 1. The van der Waals surface area contributed by atoms with Gasteiger partial charge in [0.25, 0.3) is 11.6 Å². The molecule has 0 spiro atoms. The Balaban J connectivity index is 1.41. The van der Waals surface area contributed by atoms with Crippen LogP contribution in [0.25, 0.3) is 22.4 Å². The molecule has 0 bridgehead atoms.